The number of oxazole rings is 1. The molecule has 5 aromatic rings. The summed E-state index contributed by atoms with van der Waals surface area (Å²) in [7, 11) is 0. The number of aryl methyl sites for hydroxylation is 2. The predicted molar refractivity (Wildman–Crippen MR) is 141 cm³/mol. The average Bonchev–Trinajstić information content (AvgIpc) is 3.45. The molecular weight excluding hydrogens is 483 g/mol. The van der Waals surface area contributed by atoms with Crippen LogP contribution in [0.4, 0.5) is 5.69 Å². The van der Waals surface area contributed by atoms with Crippen molar-refractivity contribution < 1.29 is 13.6 Å². The Labute approximate surface area is 212 Å². The summed E-state index contributed by atoms with van der Waals surface area (Å²) in [5.74, 6) is 1.31. The lowest BCUT2D eigenvalue weighted by atomic mass is 10.1. The van der Waals surface area contributed by atoms with Crippen molar-refractivity contribution in [2.24, 2.45) is 0 Å². The Morgan fingerprint density at radius 2 is 1.83 bits per heavy atom. The van der Waals surface area contributed by atoms with Gasteiger partial charge in [0.2, 0.25) is 11.8 Å². The number of aromatic nitrogens is 1. The van der Waals surface area contributed by atoms with Crippen LogP contribution in [-0.4, -0.2) is 10.9 Å². The number of carbonyl (C=O) groups excluding carboxylic acids is 1. The maximum Gasteiger partial charge on any atom is 0.248 e. The first-order valence-corrected chi connectivity index (χ1v) is 11.6. The third-order valence-corrected chi connectivity index (χ3v) is 5.97. The van der Waals surface area contributed by atoms with E-state index in [2.05, 4.69) is 16.4 Å². The monoisotopic (exact) mass is 502 g/mol. The Balaban J connectivity index is 1.30. The van der Waals surface area contributed by atoms with Crippen molar-refractivity contribution in [3.05, 3.63) is 99.7 Å². The van der Waals surface area contributed by atoms with Crippen LogP contribution in [-0.2, 0) is 4.79 Å². The molecule has 35 heavy (non-hydrogen) atoms. The van der Waals surface area contributed by atoms with Gasteiger partial charge >= 0.3 is 0 Å². The second-order valence-corrected chi connectivity index (χ2v) is 9.02. The molecule has 7 heteroatoms. The molecule has 2 aromatic heterocycles. The van der Waals surface area contributed by atoms with Crippen molar-refractivity contribution in [3.63, 3.8) is 0 Å². The van der Waals surface area contributed by atoms with Crippen LogP contribution in [0.15, 0.2) is 81.6 Å². The number of hydrogen-bond acceptors (Lipinski definition) is 4. The number of fused-ring (bicyclic) bond motifs is 1. The lowest BCUT2D eigenvalue weighted by molar-refractivity contribution is -0.111. The van der Waals surface area contributed by atoms with Crippen LogP contribution in [0.25, 0.3) is 40.0 Å². The standard InChI is InChI=1S/C28H20Cl2N2O3/c1-16-12-17(2)27-24(13-16)32-28(35-27)18-4-3-5-20(14-18)31-26(33)11-8-21-7-10-25(34-21)22-9-6-19(29)15-23(22)30/h3-15H,1-2H3,(H,31,33). The fraction of sp³-hybridized carbons (Fsp3) is 0.0714. The Hall–Kier alpha value is -3.80. The summed E-state index contributed by atoms with van der Waals surface area (Å²) in [6, 6.07) is 20.2. The number of benzene rings is 3. The number of nitrogens with one attached hydrogen (secondary N) is 1. The summed E-state index contributed by atoms with van der Waals surface area (Å²) < 4.78 is 11.8. The van der Waals surface area contributed by atoms with Crippen LogP contribution in [0.5, 0.6) is 0 Å². The van der Waals surface area contributed by atoms with Gasteiger partial charge in [0, 0.05) is 27.9 Å². The number of furan rings is 1. The molecule has 0 saturated carbocycles. The number of amides is 1. The maximum atomic E-state index is 12.5. The minimum Gasteiger partial charge on any atom is -0.457 e. The lowest BCUT2D eigenvalue weighted by Gasteiger charge is -2.03. The van der Waals surface area contributed by atoms with E-state index in [4.69, 9.17) is 32.0 Å². The molecule has 2 heterocycles. The van der Waals surface area contributed by atoms with Crippen molar-refractivity contribution in [2.75, 3.05) is 5.32 Å². The van der Waals surface area contributed by atoms with Crippen LogP contribution in [0.3, 0.4) is 0 Å². The van der Waals surface area contributed by atoms with E-state index in [0.717, 1.165) is 33.4 Å². The zero-order valence-corrected chi connectivity index (χ0v) is 20.4. The highest BCUT2D eigenvalue weighted by molar-refractivity contribution is 6.36. The molecule has 0 saturated heterocycles. The first-order chi connectivity index (χ1) is 16.9. The summed E-state index contributed by atoms with van der Waals surface area (Å²) >= 11 is 12.2. The number of halogens is 2. The Morgan fingerprint density at radius 3 is 2.66 bits per heavy atom. The summed E-state index contributed by atoms with van der Waals surface area (Å²) in [4.78, 5) is 17.1. The van der Waals surface area contributed by atoms with E-state index >= 15 is 0 Å². The molecule has 174 valence electrons. The van der Waals surface area contributed by atoms with Gasteiger partial charge in [0.25, 0.3) is 0 Å². The van der Waals surface area contributed by atoms with E-state index in [1.165, 1.54) is 6.08 Å². The van der Waals surface area contributed by atoms with Crippen LogP contribution in [0.1, 0.15) is 16.9 Å². The van der Waals surface area contributed by atoms with Crippen molar-refractivity contribution >= 4 is 52.0 Å². The van der Waals surface area contributed by atoms with Crippen molar-refractivity contribution in [2.45, 2.75) is 13.8 Å². The van der Waals surface area contributed by atoms with Gasteiger partial charge in [0.05, 0.1) is 5.02 Å². The molecule has 0 spiro atoms. The number of anilines is 1. The number of hydrogen-bond donors (Lipinski definition) is 1. The molecule has 0 aliphatic rings. The summed E-state index contributed by atoms with van der Waals surface area (Å²) in [5, 5.41) is 3.90. The third kappa shape index (κ3) is 5.02. The molecule has 0 fully saturated rings. The van der Waals surface area contributed by atoms with Gasteiger partial charge in [-0.1, -0.05) is 35.3 Å². The topological polar surface area (TPSA) is 68.3 Å². The smallest absolute Gasteiger partial charge is 0.248 e. The van der Waals surface area contributed by atoms with Crippen molar-refractivity contribution in [1.29, 1.82) is 0 Å². The third-order valence-electron chi connectivity index (χ3n) is 5.42. The van der Waals surface area contributed by atoms with Crippen LogP contribution >= 0.6 is 23.2 Å². The molecule has 0 unspecified atom stereocenters. The van der Waals surface area contributed by atoms with Gasteiger partial charge in [0.1, 0.15) is 17.0 Å². The number of nitrogens with zero attached hydrogens (tertiary/aromatic N) is 1. The first kappa shape index (κ1) is 23.0. The zero-order valence-electron chi connectivity index (χ0n) is 18.9. The summed E-state index contributed by atoms with van der Waals surface area (Å²) in [6.45, 7) is 4.03. The quantitative estimate of drug-likeness (QED) is 0.245. The summed E-state index contributed by atoms with van der Waals surface area (Å²) in [6.07, 6.45) is 3.00. The molecule has 0 aliphatic carbocycles. The average molecular weight is 503 g/mol. The van der Waals surface area contributed by atoms with Crippen LogP contribution in [0.2, 0.25) is 10.0 Å². The van der Waals surface area contributed by atoms with E-state index in [1.54, 1.807) is 42.5 Å². The fourth-order valence-electron chi connectivity index (χ4n) is 3.85. The van der Waals surface area contributed by atoms with Crippen molar-refractivity contribution in [1.82, 2.24) is 4.98 Å². The molecular formula is C28H20Cl2N2O3. The maximum absolute atomic E-state index is 12.5. The molecule has 0 bridgehead atoms. The van der Waals surface area contributed by atoms with E-state index in [0.29, 0.717) is 33.1 Å². The van der Waals surface area contributed by atoms with Gasteiger partial charge in [0.15, 0.2) is 5.58 Å². The Morgan fingerprint density at radius 1 is 0.971 bits per heavy atom. The molecule has 0 aliphatic heterocycles. The van der Waals surface area contributed by atoms with Gasteiger partial charge < -0.3 is 14.2 Å². The molecule has 0 radical (unpaired) electrons. The van der Waals surface area contributed by atoms with Gasteiger partial charge in [-0.05, 0) is 85.6 Å². The van der Waals surface area contributed by atoms with Gasteiger partial charge in [-0.2, -0.15) is 0 Å². The largest absolute Gasteiger partial charge is 0.457 e. The molecule has 0 atom stereocenters. The molecule has 5 nitrogen and oxygen atoms in total. The van der Waals surface area contributed by atoms with E-state index in [1.807, 2.05) is 38.1 Å². The molecule has 1 amide bonds. The van der Waals surface area contributed by atoms with Crippen molar-refractivity contribution in [3.8, 4) is 22.8 Å². The highest BCUT2D eigenvalue weighted by atomic mass is 35.5. The summed E-state index contributed by atoms with van der Waals surface area (Å²) in [5.41, 5.74) is 5.86. The SMILES string of the molecule is Cc1cc(C)c2oc(-c3cccc(NC(=O)C=Cc4ccc(-c5ccc(Cl)cc5Cl)o4)c3)nc2c1. The normalized spacial score (nSPS) is 11.4. The Bertz CT molecular complexity index is 1600. The second kappa shape index (κ2) is 9.45. The van der Waals surface area contributed by atoms with E-state index < -0.39 is 0 Å². The molecule has 3 aromatic carbocycles. The highest BCUT2D eigenvalue weighted by Crippen LogP contribution is 2.32. The molecule has 1 N–H and O–H groups in total. The minimum absolute atomic E-state index is 0.298. The fourth-order valence-corrected chi connectivity index (χ4v) is 4.35. The highest BCUT2D eigenvalue weighted by Gasteiger charge is 2.12. The number of rotatable bonds is 5. The van der Waals surface area contributed by atoms with E-state index in [9.17, 15) is 4.79 Å². The second-order valence-electron chi connectivity index (χ2n) is 8.18. The van der Waals surface area contributed by atoms with Gasteiger partial charge in [-0.3, -0.25) is 4.79 Å². The van der Waals surface area contributed by atoms with Gasteiger partial charge in [-0.15, -0.1) is 0 Å². The zero-order chi connectivity index (χ0) is 24.5. The van der Waals surface area contributed by atoms with Crippen LogP contribution < -0.4 is 5.32 Å². The lowest BCUT2D eigenvalue weighted by Crippen LogP contribution is -2.07. The van der Waals surface area contributed by atoms with Crippen LogP contribution in [0, 0.1) is 13.8 Å². The Kier molecular flexibility index (Phi) is 6.20. The minimum atomic E-state index is -0.298. The van der Waals surface area contributed by atoms with Gasteiger partial charge in [-0.25, -0.2) is 4.98 Å². The first-order valence-electron chi connectivity index (χ1n) is 10.9. The van der Waals surface area contributed by atoms with E-state index in [-0.39, 0.29) is 5.91 Å². The molecule has 5 rings (SSSR count). The predicted octanol–water partition coefficient (Wildman–Crippen LogP) is 8.33. The number of carbonyl (C=O) groups is 1.